The molecule has 1 atom stereocenters. The maximum absolute atomic E-state index is 12.3. The zero-order valence-corrected chi connectivity index (χ0v) is 12.9. The van der Waals surface area contributed by atoms with Gasteiger partial charge >= 0.3 is 6.03 Å². The van der Waals surface area contributed by atoms with Gasteiger partial charge in [-0.25, -0.2) is 4.79 Å². The molecule has 0 aliphatic carbocycles. The van der Waals surface area contributed by atoms with E-state index >= 15 is 0 Å². The number of nitrogens with one attached hydrogen (secondary N) is 1. The Balaban J connectivity index is 2.02. The van der Waals surface area contributed by atoms with Crippen molar-refractivity contribution in [1.29, 1.82) is 0 Å². The molecular formula is C15H25N3O2. The zero-order chi connectivity index (χ0) is 14.7. The lowest BCUT2D eigenvalue weighted by Crippen LogP contribution is -2.40. The van der Waals surface area contributed by atoms with Crippen LogP contribution in [0.5, 0.6) is 0 Å². The number of aryl methyl sites for hydroxylation is 2. The van der Waals surface area contributed by atoms with Gasteiger partial charge in [-0.3, -0.25) is 0 Å². The molecule has 2 rings (SSSR count). The van der Waals surface area contributed by atoms with Gasteiger partial charge < -0.3 is 14.7 Å². The van der Waals surface area contributed by atoms with Crippen LogP contribution >= 0.6 is 0 Å². The summed E-state index contributed by atoms with van der Waals surface area (Å²) in [6.45, 7) is 9.73. The number of urea groups is 1. The lowest BCUT2D eigenvalue weighted by atomic mass is 10.0. The van der Waals surface area contributed by atoms with Crippen LogP contribution in [0.15, 0.2) is 4.52 Å². The molecule has 0 spiro atoms. The molecule has 5 heteroatoms. The van der Waals surface area contributed by atoms with Crippen molar-refractivity contribution >= 4 is 6.03 Å². The number of hydrogen-bond acceptors (Lipinski definition) is 3. The molecule has 0 aromatic carbocycles. The summed E-state index contributed by atoms with van der Waals surface area (Å²) in [6.07, 6.45) is 3.03. The zero-order valence-electron chi connectivity index (χ0n) is 12.9. The van der Waals surface area contributed by atoms with Crippen LogP contribution in [0.1, 0.15) is 56.2 Å². The van der Waals surface area contributed by atoms with E-state index in [9.17, 15) is 4.79 Å². The third kappa shape index (κ3) is 3.14. The Morgan fingerprint density at radius 3 is 2.85 bits per heavy atom. The van der Waals surface area contributed by atoms with Crippen LogP contribution in [0.2, 0.25) is 0 Å². The summed E-state index contributed by atoms with van der Waals surface area (Å²) >= 11 is 0. The standard InChI is InChI=1S/C15H25N3O2/c1-10(2)7-8-16-15(19)18-9-5-6-13(18)14-11(3)17-20-12(14)4/h10,13H,5-9H2,1-4H3,(H,16,19). The number of hydrogen-bond donors (Lipinski definition) is 1. The molecule has 0 saturated carbocycles. The van der Waals surface area contributed by atoms with Gasteiger partial charge in [0.2, 0.25) is 0 Å². The Morgan fingerprint density at radius 1 is 1.50 bits per heavy atom. The van der Waals surface area contributed by atoms with Crippen molar-refractivity contribution in [1.82, 2.24) is 15.4 Å². The number of carbonyl (C=O) groups excluding carboxylic acids is 1. The number of aromatic nitrogens is 1. The van der Waals surface area contributed by atoms with Gasteiger partial charge in [-0.2, -0.15) is 0 Å². The molecule has 1 aromatic rings. The maximum atomic E-state index is 12.3. The second kappa shape index (κ2) is 6.29. The maximum Gasteiger partial charge on any atom is 0.317 e. The first-order valence-corrected chi connectivity index (χ1v) is 7.48. The Morgan fingerprint density at radius 2 is 2.25 bits per heavy atom. The molecule has 1 N–H and O–H groups in total. The highest BCUT2D eigenvalue weighted by Gasteiger charge is 2.33. The van der Waals surface area contributed by atoms with Gasteiger partial charge in [-0.15, -0.1) is 0 Å². The molecule has 1 saturated heterocycles. The van der Waals surface area contributed by atoms with Crippen LogP contribution in [0.4, 0.5) is 4.79 Å². The van der Waals surface area contributed by atoms with E-state index in [4.69, 9.17) is 4.52 Å². The predicted octanol–water partition coefficient (Wildman–Crippen LogP) is 3.18. The van der Waals surface area contributed by atoms with Gasteiger partial charge in [0, 0.05) is 18.7 Å². The van der Waals surface area contributed by atoms with Crippen molar-refractivity contribution in [2.24, 2.45) is 5.92 Å². The summed E-state index contributed by atoms with van der Waals surface area (Å²) in [6, 6.07) is 0.147. The summed E-state index contributed by atoms with van der Waals surface area (Å²) in [4.78, 5) is 14.2. The first-order chi connectivity index (χ1) is 9.50. The minimum Gasteiger partial charge on any atom is -0.361 e. The molecule has 1 aromatic heterocycles. The molecule has 0 radical (unpaired) electrons. The molecule has 5 nitrogen and oxygen atoms in total. The molecule has 112 valence electrons. The van der Waals surface area contributed by atoms with E-state index in [-0.39, 0.29) is 12.1 Å². The van der Waals surface area contributed by atoms with Crippen molar-refractivity contribution in [2.75, 3.05) is 13.1 Å². The highest BCUT2D eigenvalue weighted by atomic mass is 16.5. The topological polar surface area (TPSA) is 58.4 Å². The number of carbonyl (C=O) groups is 1. The fourth-order valence-corrected chi connectivity index (χ4v) is 2.85. The minimum atomic E-state index is 0.0353. The summed E-state index contributed by atoms with van der Waals surface area (Å²) in [5.41, 5.74) is 1.98. The molecule has 2 heterocycles. The summed E-state index contributed by atoms with van der Waals surface area (Å²) in [5.74, 6) is 1.43. The SMILES string of the molecule is Cc1noc(C)c1C1CCCN1C(=O)NCCC(C)C. The van der Waals surface area contributed by atoms with Crippen molar-refractivity contribution in [3.05, 3.63) is 17.0 Å². The molecule has 1 fully saturated rings. The molecular weight excluding hydrogens is 254 g/mol. The van der Waals surface area contributed by atoms with E-state index in [2.05, 4.69) is 24.3 Å². The second-order valence-electron chi connectivity index (χ2n) is 6.00. The van der Waals surface area contributed by atoms with Gasteiger partial charge in [0.15, 0.2) is 0 Å². The minimum absolute atomic E-state index is 0.0353. The monoisotopic (exact) mass is 279 g/mol. The van der Waals surface area contributed by atoms with E-state index in [1.165, 1.54) is 0 Å². The Kier molecular flexibility index (Phi) is 4.68. The molecule has 1 aliphatic rings. The van der Waals surface area contributed by atoms with Crippen LogP contribution in [-0.4, -0.2) is 29.2 Å². The highest BCUT2D eigenvalue weighted by Crippen LogP contribution is 2.35. The number of nitrogens with zero attached hydrogens (tertiary/aromatic N) is 2. The van der Waals surface area contributed by atoms with Gasteiger partial charge in [0.1, 0.15) is 5.76 Å². The first-order valence-electron chi connectivity index (χ1n) is 7.48. The van der Waals surface area contributed by atoms with Gasteiger partial charge in [-0.1, -0.05) is 19.0 Å². The third-order valence-electron chi connectivity index (χ3n) is 3.93. The summed E-state index contributed by atoms with van der Waals surface area (Å²) < 4.78 is 5.24. The molecule has 20 heavy (non-hydrogen) atoms. The predicted molar refractivity (Wildman–Crippen MR) is 77.5 cm³/mol. The summed E-state index contributed by atoms with van der Waals surface area (Å²) in [7, 11) is 0. The van der Waals surface area contributed by atoms with Crippen LogP contribution in [0.25, 0.3) is 0 Å². The quantitative estimate of drug-likeness (QED) is 0.921. The van der Waals surface area contributed by atoms with E-state index in [0.717, 1.165) is 49.4 Å². The van der Waals surface area contributed by atoms with Crippen LogP contribution in [0.3, 0.4) is 0 Å². The van der Waals surface area contributed by atoms with E-state index in [0.29, 0.717) is 5.92 Å². The molecule has 2 amide bonds. The number of likely N-dealkylation sites (tertiary alicyclic amines) is 1. The molecule has 1 aliphatic heterocycles. The lowest BCUT2D eigenvalue weighted by Gasteiger charge is -2.25. The Bertz CT molecular complexity index is 448. The summed E-state index contributed by atoms with van der Waals surface area (Å²) in [5, 5.41) is 7.03. The fourth-order valence-electron chi connectivity index (χ4n) is 2.85. The largest absolute Gasteiger partial charge is 0.361 e. The van der Waals surface area contributed by atoms with Gasteiger partial charge in [-0.05, 0) is 39.0 Å². The van der Waals surface area contributed by atoms with Crippen molar-refractivity contribution in [3.8, 4) is 0 Å². The van der Waals surface area contributed by atoms with E-state index < -0.39 is 0 Å². The van der Waals surface area contributed by atoms with Crippen LogP contribution in [-0.2, 0) is 0 Å². The van der Waals surface area contributed by atoms with Crippen LogP contribution < -0.4 is 5.32 Å². The van der Waals surface area contributed by atoms with E-state index in [1.807, 2.05) is 18.7 Å². The van der Waals surface area contributed by atoms with Crippen LogP contribution in [0, 0.1) is 19.8 Å². The van der Waals surface area contributed by atoms with Gasteiger partial charge in [0.05, 0.1) is 11.7 Å². The average Bonchev–Trinajstić information content (AvgIpc) is 2.96. The second-order valence-corrected chi connectivity index (χ2v) is 6.00. The molecule has 0 bridgehead atoms. The highest BCUT2D eigenvalue weighted by molar-refractivity contribution is 5.75. The van der Waals surface area contributed by atoms with E-state index in [1.54, 1.807) is 0 Å². The normalized spacial score (nSPS) is 18.9. The smallest absolute Gasteiger partial charge is 0.317 e. The average molecular weight is 279 g/mol. The number of amides is 2. The Labute approximate surface area is 120 Å². The third-order valence-corrected chi connectivity index (χ3v) is 3.93. The van der Waals surface area contributed by atoms with Crippen molar-refractivity contribution in [2.45, 2.75) is 53.0 Å². The van der Waals surface area contributed by atoms with Crippen molar-refractivity contribution < 1.29 is 9.32 Å². The fraction of sp³-hybridized carbons (Fsp3) is 0.733. The lowest BCUT2D eigenvalue weighted by molar-refractivity contribution is 0.192. The van der Waals surface area contributed by atoms with Gasteiger partial charge in [0.25, 0.3) is 0 Å². The van der Waals surface area contributed by atoms with Crippen molar-refractivity contribution in [3.63, 3.8) is 0 Å². The first kappa shape index (κ1) is 14.9. The molecule has 1 unspecified atom stereocenters. The number of rotatable bonds is 4. The Hall–Kier alpha value is -1.52.